The lowest BCUT2D eigenvalue weighted by atomic mass is 9.73. The molecule has 1 aromatic carbocycles. The number of nitrogens with zero attached hydrogens (tertiary/aromatic N) is 2. The van der Waals surface area contributed by atoms with Gasteiger partial charge in [-0.15, -0.1) is 0 Å². The smallest absolute Gasteiger partial charge is 0.222 e. The van der Waals surface area contributed by atoms with E-state index in [1.165, 1.54) is 6.07 Å². The minimum atomic E-state index is -0.388. The van der Waals surface area contributed by atoms with Gasteiger partial charge >= 0.3 is 0 Å². The fraction of sp³-hybridized carbons (Fsp3) is 0.611. The van der Waals surface area contributed by atoms with Gasteiger partial charge in [-0.3, -0.25) is 9.69 Å². The summed E-state index contributed by atoms with van der Waals surface area (Å²) < 4.78 is 13.3. The zero-order valence-corrected chi connectivity index (χ0v) is 14.6. The molecule has 2 saturated heterocycles. The van der Waals surface area contributed by atoms with Gasteiger partial charge in [-0.25, -0.2) is 4.39 Å². The fourth-order valence-corrected chi connectivity index (χ4v) is 4.30. The molecule has 0 unspecified atom stereocenters. The van der Waals surface area contributed by atoms with Gasteiger partial charge in [0.25, 0.3) is 0 Å². The highest BCUT2D eigenvalue weighted by atomic mass is 35.5. The van der Waals surface area contributed by atoms with Crippen molar-refractivity contribution < 1.29 is 14.3 Å². The van der Waals surface area contributed by atoms with Crippen LogP contribution in [0.3, 0.4) is 0 Å². The van der Waals surface area contributed by atoms with Crippen molar-refractivity contribution in [1.82, 2.24) is 9.80 Å². The van der Waals surface area contributed by atoms with Crippen LogP contribution in [0.4, 0.5) is 4.39 Å². The number of halogens is 2. The van der Waals surface area contributed by atoms with E-state index in [4.69, 9.17) is 11.6 Å². The molecule has 24 heavy (non-hydrogen) atoms. The molecule has 0 saturated carbocycles. The van der Waals surface area contributed by atoms with E-state index >= 15 is 0 Å². The summed E-state index contributed by atoms with van der Waals surface area (Å²) in [6.45, 7) is 3.85. The zero-order valence-electron chi connectivity index (χ0n) is 13.8. The van der Waals surface area contributed by atoms with Crippen molar-refractivity contribution in [3.8, 4) is 0 Å². The molecule has 0 aromatic heterocycles. The van der Waals surface area contributed by atoms with Crippen LogP contribution in [0.25, 0.3) is 0 Å². The van der Waals surface area contributed by atoms with Gasteiger partial charge in [0.15, 0.2) is 0 Å². The Bertz CT molecular complexity index is 613. The van der Waals surface area contributed by atoms with E-state index in [0.717, 1.165) is 51.0 Å². The third-order valence-electron chi connectivity index (χ3n) is 5.25. The summed E-state index contributed by atoms with van der Waals surface area (Å²) in [5, 5.41) is 9.33. The number of likely N-dealkylation sites (tertiary alicyclic amines) is 2. The van der Waals surface area contributed by atoms with E-state index in [0.29, 0.717) is 13.0 Å². The second-order valence-corrected chi connectivity index (χ2v) is 7.51. The number of aliphatic hydroxyl groups is 1. The first-order chi connectivity index (χ1) is 11.5. The van der Waals surface area contributed by atoms with Gasteiger partial charge in [-0.2, -0.15) is 0 Å². The molecule has 0 radical (unpaired) electrons. The van der Waals surface area contributed by atoms with E-state index in [1.54, 1.807) is 12.1 Å². The first-order valence-corrected chi connectivity index (χ1v) is 8.94. The van der Waals surface area contributed by atoms with Crippen LogP contribution < -0.4 is 0 Å². The summed E-state index contributed by atoms with van der Waals surface area (Å²) >= 11 is 5.88. The lowest BCUT2D eigenvalue weighted by Crippen LogP contribution is -2.54. The maximum atomic E-state index is 13.3. The Morgan fingerprint density at radius 1 is 1.29 bits per heavy atom. The predicted molar refractivity (Wildman–Crippen MR) is 91.3 cm³/mol. The molecule has 1 atom stereocenters. The van der Waals surface area contributed by atoms with E-state index in [9.17, 15) is 14.3 Å². The van der Waals surface area contributed by atoms with Gasteiger partial charge in [0.2, 0.25) is 5.91 Å². The molecular formula is C18H24ClFN2O2. The van der Waals surface area contributed by atoms with E-state index in [2.05, 4.69) is 4.90 Å². The Labute approximate surface area is 147 Å². The largest absolute Gasteiger partial charge is 0.395 e. The van der Waals surface area contributed by atoms with Crippen LogP contribution >= 0.6 is 11.6 Å². The van der Waals surface area contributed by atoms with E-state index in [-0.39, 0.29) is 28.8 Å². The summed E-state index contributed by atoms with van der Waals surface area (Å²) in [5.74, 6) is -0.238. The number of rotatable bonds is 4. The minimum absolute atomic E-state index is 0.0135. The highest BCUT2D eigenvalue weighted by Crippen LogP contribution is 2.39. The van der Waals surface area contributed by atoms with E-state index < -0.39 is 0 Å². The normalized spacial score (nSPS) is 25.5. The van der Waals surface area contributed by atoms with Crippen molar-refractivity contribution in [3.63, 3.8) is 0 Å². The number of hydrogen-bond donors (Lipinski definition) is 1. The second-order valence-electron chi connectivity index (χ2n) is 7.10. The topological polar surface area (TPSA) is 43.8 Å². The van der Waals surface area contributed by atoms with E-state index in [1.807, 2.05) is 4.90 Å². The SMILES string of the molecule is O=C1CC[C@]2(CCCN(Cc3ccc(F)c(Cl)c3)C2)CN1CCO. The molecule has 0 aliphatic carbocycles. The van der Waals surface area contributed by atoms with Crippen molar-refractivity contribution in [2.45, 2.75) is 32.2 Å². The maximum absolute atomic E-state index is 13.3. The van der Waals surface area contributed by atoms with Crippen LogP contribution in [0.1, 0.15) is 31.2 Å². The summed E-state index contributed by atoms with van der Waals surface area (Å²) in [6.07, 6.45) is 3.68. The number of piperidine rings is 2. The standard InChI is InChI=1S/C18H24ClFN2O2/c19-15-10-14(2-3-16(15)20)11-21-7-1-5-18(12-21)6-4-17(24)22(13-18)8-9-23/h2-3,10,23H,1,4-9,11-13H2/t18-/m0/s1. The predicted octanol–water partition coefficient (Wildman–Crippen LogP) is 2.68. The summed E-state index contributed by atoms with van der Waals surface area (Å²) in [5.41, 5.74) is 1.13. The molecule has 2 fully saturated rings. The zero-order chi connectivity index (χ0) is 17.2. The number of benzene rings is 1. The first kappa shape index (κ1) is 17.6. The van der Waals surface area contributed by atoms with Crippen LogP contribution in [0.5, 0.6) is 0 Å². The summed E-state index contributed by atoms with van der Waals surface area (Å²) in [7, 11) is 0. The monoisotopic (exact) mass is 354 g/mol. The molecule has 2 aliphatic rings. The third-order valence-corrected chi connectivity index (χ3v) is 5.54. The second kappa shape index (κ2) is 7.38. The lowest BCUT2D eigenvalue weighted by Gasteiger charge is -2.48. The number of β-amino-alcohol motifs (C(OH)–C–C–N with tert-alkyl or cyclic N) is 1. The van der Waals surface area contributed by atoms with Gasteiger partial charge in [0.1, 0.15) is 5.82 Å². The fourth-order valence-electron chi connectivity index (χ4n) is 4.10. The van der Waals surface area contributed by atoms with Gasteiger partial charge in [-0.1, -0.05) is 17.7 Å². The van der Waals surface area contributed by atoms with Gasteiger partial charge < -0.3 is 10.0 Å². The van der Waals surface area contributed by atoms with Crippen molar-refractivity contribution >= 4 is 17.5 Å². The number of aliphatic hydroxyl groups excluding tert-OH is 1. The highest BCUT2D eigenvalue weighted by molar-refractivity contribution is 6.30. The molecule has 1 spiro atoms. The molecule has 0 bridgehead atoms. The number of hydrogen-bond acceptors (Lipinski definition) is 3. The number of carbonyl (C=O) groups is 1. The van der Waals surface area contributed by atoms with Gasteiger partial charge in [-0.05, 0) is 43.5 Å². The molecule has 4 nitrogen and oxygen atoms in total. The molecule has 2 heterocycles. The molecule has 2 aliphatic heterocycles. The van der Waals surface area contributed by atoms with Crippen LogP contribution in [-0.4, -0.2) is 53.6 Å². The minimum Gasteiger partial charge on any atom is -0.395 e. The lowest BCUT2D eigenvalue weighted by molar-refractivity contribution is -0.140. The van der Waals surface area contributed by atoms with Crippen molar-refractivity contribution in [2.75, 3.05) is 32.8 Å². The van der Waals surface area contributed by atoms with Crippen LogP contribution in [0.15, 0.2) is 18.2 Å². The van der Waals surface area contributed by atoms with Crippen molar-refractivity contribution in [1.29, 1.82) is 0 Å². The Morgan fingerprint density at radius 2 is 2.12 bits per heavy atom. The Morgan fingerprint density at radius 3 is 2.88 bits per heavy atom. The van der Waals surface area contributed by atoms with Gasteiger partial charge in [0, 0.05) is 38.0 Å². The molecule has 132 valence electrons. The molecular weight excluding hydrogens is 331 g/mol. The Kier molecular flexibility index (Phi) is 5.42. The molecule has 1 N–H and O–H groups in total. The quantitative estimate of drug-likeness (QED) is 0.904. The van der Waals surface area contributed by atoms with Crippen LogP contribution in [-0.2, 0) is 11.3 Å². The van der Waals surface area contributed by atoms with Crippen LogP contribution in [0, 0.1) is 11.2 Å². The molecule has 3 rings (SSSR count). The average Bonchev–Trinajstić information content (AvgIpc) is 2.55. The first-order valence-electron chi connectivity index (χ1n) is 8.56. The Balaban J connectivity index is 1.67. The summed E-state index contributed by atoms with van der Waals surface area (Å²) in [6, 6.07) is 4.89. The average molecular weight is 355 g/mol. The van der Waals surface area contributed by atoms with Crippen molar-refractivity contribution in [3.05, 3.63) is 34.6 Å². The molecule has 1 amide bonds. The Hall–Kier alpha value is -1.17. The maximum Gasteiger partial charge on any atom is 0.222 e. The number of amides is 1. The van der Waals surface area contributed by atoms with Gasteiger partial charge in [0.05, 0.1) is 11.6 Å². The third kappa shape index (κ3) is 3.90. The van der Waals surface area contributed by atoms with Crippen LogP contribution in [0.2, 0.25) is 5.02 Å². The molecule has 6 heteroatoms. The summed E-state index contributed by atoms with van der Waals surface area (Å²) in [4.78, 5) is 16.2. The van der Waals surface area contributed by atoms with Crippen molar-refractivity contribution in [2.24, 2.45) is 5.41 Å². The number of carbonyl (C=O) groups excluding carboxylic acids is 1. The molecule has 1 aromatic rings. The highest BCUT2D eigenvalue weighted by Gasteiger charge is 2.41.